The first-order valence-corrected chi connectivity index (χ1v) is 7.54. The lowest BCUT2D eigenvalue weighted by Gasteiger charge is -2.12. The molecule has 0 saturated heterocycles. The summed E-state index contributed by atoms with van der Waals surface area (Å²) in [5, 5.41) is 0. The zero-order chi connectivity index (χ0) is 18.7. The molecule has 0 amide bonds. The number of H-pyrrole nitrogens is 1. The molecule has 0 bridgehead atoms. The summed E-state index contributed by atoms with van der Waals surface area (Å²) in [5.74, 6) is -2.25. The van der Waals surface area contributed by atoms with Gasteiger partial charge >= 0.3 is 11.9 Å². The van der Waals surface area contributed by atoms with E-state index in [1.54, 1.807) is 13.8 Å². The standard InChI is InChI=1S/C18H18FNO5/c1-9-14(18(23)24-4)10(2)20-15(9)16(21)11(3)25-17(22)12-5-7-13(19)8-6-12/h5-8,11,20H,1-4H3/t11-/m1/s1. The summed E-state index contributed by atoms with van der Waals surface area (Å²) in [6.07, 6.45) is -1.08. The molecule has 132 valence electrons. The van der Waals surface area contributed by atoms with Gasteiger partial charge in [0.15, 0.2) is 6.10 Å². The van der Waals surface area contributed by atoms with Gasteiger partial charge in [0.2, 0.25) is 5.78 Å². The Bertz CT molecular complexity index is 823. The number of aryl methyl sites for hydroxylation is 1. The van der Waals surface area contributed by atoms with Crippen LogP contribution in [0.4, 0.5) is 4.39 Å². The quantitative estimate of drug-likeness (QED) is 0.664. The lowest BCUT2D eigenvalue weighted by molar-refractivity contribution is 0.0316. The molecule has 1 aromatic carbocycles. The van der Waals surface area contributed by atoms with E-state index in [1.165, 1.54) is 26.2 Å². The third-order valence-corrected chi connectivity index (χ3v) is 3.81. The minimum atomic E-state index is -1.08. The minimum absolute atomic E-state index is 0.135. The fraction of sp³-hybridized carbons (Fsp3) is 0.278. The molecule has 0 unspecified atom stereocenters. The van der Waals surface area contributed by atoms with Gasteiger partial charge in [0.05, 0.1) is 23.9 Å². The van der Waals surface area contributed by atoms with Gasteiger partial charge in [-0.25, -0.2) is 14.0 Å². The number of hydrogen-bond donors (Lipinski definition) is 1. The van der Waals surface area contributed by atoms with Crippen molar-refractivity contribution in [2.24, 2.45) is 0 Å². The summed E-state index contributed by atoms with van der Waals surface area (Å²) in [4.78, 5) is 39.2. The molecule has 0 spiro atoms. The number of aromatic nitrogens is 1. The Morgan fingerprint density at radius 2 is 1.68 bits per heavy atom. The van der Waals surface area contributed by atoms with E-state index in [0.717, 1.165) is 12.1 Å². The van der Waals surface area contributed by atoms with E-state index in [1.807, 2.05) is 0 Å². The Morgan fingerprint density at radius 1 is 1.08 bits per heavy atom. The number of carbonyl (C=O) groups excluding carboxylic acids is 3. The second-order valence-corrected chi connectivity index (χ2v) is 5.54. The van der Waals surface area contributed by atoms with E-state index in [2.05, 4.69) is 4.98 Å². The van der Waals surface area contributed by atoms with Gasteiger partial charge in [-0.1, -0.05) is 0 Å². The van der Waals surface area contributed by atoms with Gasteiger partial charge in [-0.3, -0.25) is 4.79 Å². The largest absolute Gasteiger partial charge is 0.465 e. The fourth-order valence-corrected chi connectivity index (χ4v) is 2.48. The summed E-state index contributed by atoms with van der Waals surface area (Å²) >= 11 is 0. The fourth-order valence-electron chi connectivity index (χ4n) is 2.48. The number of ketones is 1. The Hall–Kier alpha value is -2.96. The van der Waals surface area contributed by atoms with Crippen molar-refractivity contribution in [3.05, 3.63) is 58.2 Å². The number of carbonyl (C=O) groups is 3. The van der Waals surface area contributed by atoms with Crippen LogP contribution in [0.1, 0.15) is 49.4 Å². The third-order valence-electron chi connectivity index (χ3n) is 3.81. The minimum Gasteiger partial charge on any atom is -0.465 e. The van der Waals surface area contributed by atoms with Crippen LogP contribution in [0.2, 0.25) is 0 Å². The monoisotopic (exact) mass is 347 g/mol. The zero-order valence-electron chi connectivity index (χ0n) is 14.3. The van der Waals surface area contributed by atoms with Crippen LogP contribution in [-0.4, -0.2) is 35.9 Å². The van der Waals surface area contributed by atoms with E-state index < -0.39 is 29.6 Å². The number of hydrogen-bond acceptors (Lipinski definition) is 5. The molecule has 7 heteroatoms. The first kappa shape index (κ1) is 18.4. The highest BCUT2D eigenvalue weighted by atomic mass is 19.1. The topological polar surface area (TPSA) is 85.5 Å². The summed E-state index contributed by atoms with van der Waals surface area (Å²) in [6.45, 7) is 4.68. The number of methoxy groups -OCH3 is 1. The molecule has 2 rings (SSSR count). The average molecular weight is 347 g/mol. The van der Waals surface area contributed by atoms with Crippen molar-refractivity contribution in [1.29, 1.82) is 0 Å². The van der Waals surface area contributed by atoms with Crippen molar-refractivity contribution in [2.75, 3.05) is 7.11 Å². The SMILES string of the molecule is COC(=O)c1c(C)[nH]c(C(=O)[C@@H](C)OC(=O)c2ccc(F)cc2)c1C. The van der Waals surface area contributed by atoms with Crippen LogP contribution >= 0.6 is 0 Å². The maximum atomic E-state index is 12.9. The first-order chi connectivity index (χ1) is 11.8. The van der Waals surface area contributed by atoms with Crippen LogP contribution in [0.3, 0.4) is 0 Å². The van der Waals surface area contributed by atoms with Gasteiger partial charge < -0.3 is 14.5 Å². The van der Waals surface area contributed by atoms with E-state index in [0.29, 0.717) is 11.3 Å². The highest BCUT2D eigenvalue weighted by molar-refractivity contribution is 6.04. The van der Waals surface area contributed by atoms with Gasteiger partial charge in [-0.2, -0.15) is 0 Å². The van der Waals surface area contributed by atoms with Crippen molar-refractivity contribution in [2.45, 2.75) is 26.9 Å². The number of nitrogens with one attached hydrogen (secondary N) is 1. The molecule has 6 nitrogen and oxygen atoms in total. The normalized spacial score (nSPS) is 11.7. The van der Waals surface area contributed by atoms with E-state index in [-0.39, 0.29) is 16.8 Å². The Morgan fingerprint density at radius 3 is 2.24 bits per heavy atom. The Labute approximate surface area is 143 Å². The molecule has 0 aliphatic heterocycles. The number of rotatable bonds is 5. The van der Waals surface area contributed by atoms with Crippen molar-refractivity contribution in [3.63, 3.8) is 0 Å². The molecule has 1 atom stereocenters. The Kier molecular flexibility index (Phi) is 5.36. The smallest absolute Gasteiger partial charge is 0.339 e. The number of Topliss-reactive ketones (excluding diaryl/α,β-unsaturated/α-hetero) is 1. The highest BCUT2D eigenvalue weighted by Crippen LogP contribution is 2.21. The molecule has 1 heterocycles. The maximum Gasteiger partial charge on any atom is 0.339 e. The van der Waals surface area contributed by atoms with Crippen molar-refractivity contribution < 1.29 is 28.2 Å². The lowest BCUT2D eigenvalue weighted by atomic mass is 10.1. The van der Waals surface area contributed by atoms with Crippen molar-refractivity contribution in [3.8, 4) is 0 Å². The predicted octanol–water partition coefficient (Wildman–Crippen LogP) is 2.99. The summed E-state index contributed by atoms with van der Waals surface area (Å²) < 4.78 is 22.7. The summed E-state index contributed by atoms with van der Waals surface area (Å²) in [5.41, 5.74) is 1.51. The number of esters is 2. The van der Waals surface area contributed by atoms with Crippen LogP contribution in [0.15, 0.2) is 24.3 Å². The molecule has 25 heavy (non-hydrogen) atoms. The van der Waals surface area contributed by atoms with Crippen molar-refractivity contribution in [1.82, 2.24) is 4.98 Å². The third kappa shape index (κ3) is 3.76. The van der Waals surface area contributed by atoms with Gasteiger partial charge in [-0.15, -0.1) is 0 Å². The van der Waals surface area contributed by atoms with Crippen LogP contribution in [0.5, 0.6) is 0 Å². The van der Waals surface area contributed by atoms with Gasteiger partial charge in [0.1, 0.15) is 5.82 Å². The zero-order valence-corrected chi connectivity index (χ0v) is 14.3. The van der Waals surface area contributed by atoms with Crippen LogP contribution in [0.25, 0.3) is 0 Å². The van der Waals surface area contributed by atoms with Crippen LogP contribution < -0.4 is 0 Å². The second-order valence-electron chi connectivity index (χ2n) is 5.54. The lowest BCUT2D eigenvalue weighted by Crippen LogP contribution is -2.25. The number of aromatic amines is 1. The molecule has 2 aromatic rings. The molecule has 0 aliphatic rings. The van der Waals surface area contributed by atoms with E-state index in [9.17, 15) is 18.8 Å². The molecule has 0 saturated carbocycles. The summed E-state index contributed by atoms with van der Waals surface area (Å²) in [6, 6.07) is 4.80. The van der Waals surface area contributed by atoms with Gasteiger partial charge in [-0.05, 0) is 50.6 Å². The molecule has 1 N–H and O–H groups in total. The molecule has 0 aliphatic carbocycles. The van der Waals surface area contributed by atoms with E-state index in [4.69, 9.17) is 9.47 Å². The molecular formula is C18H18FNO5. The second kappa shape index (κ2) is 7.29. The molecule has 0 radical (unpaired) electrons. The Balaban J connectivity index is 2.19. The number of halogens is 1. The molecule has 0 fully saturated rings. The van der Waals surface area contributed by atoms with Crippen LogP contribution in [0, 0.1) is 19.7 Å². The highest BCUT2D eigenvalue weighted by Gasteiger charge is 2.27. The molecular weight excluding hydrogens is 329 g/mol. The van der Waals surface area contributed by atoms with Gasteiger partial charge in [0.25, 0.3) is 0 Å². The maximum absolute atomic E-state index is 12.9. The average Bonchev–Trinajstić information content (AvgIpc) is 2.88. The predicted molar refractivity (Wildman–Crippen MR) is 87.2 cm³/mol. The number of benzene rings is 1. The van der Waals surface area contributed by atoms with Gasteiger partial charge in [0, 0.05) is 5.69 Å². The summed E-state index contributed by atoms with van der Waals surface area (Å²) in [7, 11) is 1.25. The van der Waals surface area contributed by atoms with Crippen molar-refractivity contribution >= 4 is 17.7 Å². The van der Waals surface area contributed by atoms with E-state index >= 15 is 0 Å². The first-order valence-electron chi connectivity index (χ1n) is 7.54. The van der Waals surface area contributed by atoms with Crippen LogP contribution in [-0.2, 0) is 9.47 Å². The number of ether oxygens (including phenoxy) is 2. The molecule has 1 aromatic heterocycles.